The second kappa shape index (κ2) is 9.31. The van der Waals surface area contributed by atoms with Crippen molar-refractivity contribution in [3.8, 4) is 6.07 Å². The van der Waals surface area contributed by atoms with Gasteiger partial charge in [-0.3, -0.25) is 0 Å². The molecule has 30 heavy (non-hydrogen) atoms. The van der Waals surface area contributed by atoms with Crippen LogP contribution in [0.5, 0.6) is 0 Å². The number of aromatic nitrogens is 1. The van der Waals surface area contributed by atoms with Gasteiger partial charge in [0.1, 0.15) is 12.4 Å². The van der Waals surface area contributed by atoms with E-state index in [1.807, 2.05) is 13.8 Å². The lowest BCUT2D eigenvalue weighted by Gasteiger charge is -2.16. The van der Waals surface area contributed by atoms with Gasteiger partial charge >= 0.3 is 5.97 Å². The van der Waals surface area contributed by atoms with Crippen LogP contribution in [-0.2, 0) is 11.3 Å². The summed E-state index contributed by atoms with van der Waals surface area (Å²) in [7, 11) is 0. The molecule has 0 aliphatic carbocycles. The van der Waals surface area contributed by atoms with Crippen LogP contribution in [0.4, 0.5) is 5.82 Å². The summed E-state index contributed by atoms with van der Waals surface area (Å²) in [4.78, 5) is 15.9. The van der Waals surface area contributed by atoms with Crippen molar-refractivity contribution in [1.82, 2.24) is 10.3 Å². The number of anilines is 1. The zero-order valence-electron chi connectivity index (χ0n) is 16.8. The van der Waals surface area contributed by atoms with Crippen LogP contribution in [-0.4, -0.2) is 35.4 Å². The molecule has 2 aromatic rings. The molecule has 0 radical (unpaired) electrons. The third kappa shape index (κ3) is 4.54. The van der Waals surface area contributed by atoms with Gasteiger partial charge < -0.3 is 25.9 Å². The van der Waals surface area contributed by atoms with E-state index in [1.54, 1.807) is 30.6 Å². The third-order valence-corrected chi connectivity index (χ3v) is 5.05. The molecule has 0 saturated carbocycles. The normalized spacial score (nSPS) is 13.9. The van der Waals surface area contributed by atoms with Gasteiger partial charge in [0.15, 0.2) is 0 Å². The molecular formula is C22H23N5O3. The lowest BCUT2D eigenvalue weighted by atomic mass is 9.95. The summed E-state index contributed by atoms with van der Waals surface area (Å²) in [6.45, 7) is 4.56. The topological polar surface area (TPSA) is 131 Å². The molecule has 8 heteroatoms. The van der Waals surface area contributed by atoms with Crippen LogP contribution in [0.1, 0.15) is 44.3 Å². The number of nitrogens with one attached hydrogen (secondary N) is 3. The lowest BCUT2D eigenvalue weighted by molar-refractivity contribution is 0.0535. The van der Waals surface area contributed by atoms with Gasteiger partial charge in [0.05, 0.1) is 23.3 Å². The van der Waals surface area contributed by atoms with Gasteiger partial charge in [-0.25, -0.2) is 9.78 Å². The molecule has 3 rings (SSSR count). The van der Waals surface area contributed by atoms with E-state index in [9.17, 15) is 9.90 Å². The van der Waals surface area contributed by atoms with E-state index in [2.05, 4.69) is 21.7 Å². The highest BCUT2D eigenvalue weighted by atomic mass is 16.5. The van der Waals surface area contributed by atoms with Crippen molar-refractivity contribution in [2.24, 2.45) is 0 Å². The highest BCUT2D eigenvalue weighted by Gasteiger charge is 2.25. The Morgan fingerprint density at radius 1 is 1.47 bits per heavy atom. The van der Waals surface area contributed by atoms with Gasteiger partial charge in [0, 0.05) is 37.3 Å². The number of pyridine rings is 1. The van der Waals surface area contributed by atoms with E-state index in [0.717, 1.165) is 22.3 Å². The SMILES string of the molecule is Cc1cnc(N/C=C(\C=N)CNC[C@H](O)c2ccc3c(c2C)COC3=O)cc1C#N. The first-order chi connectivity index (χ1) is 14.4. The summed E-state index contributed by atoms with van der Waals surface area (Å²) in [6.07, 6.45) is 3.69. The second-order valence-corrected chi connectivity index (χ2v) is 7.03. The summed E-state index contributed by atoms with van der Waals surface area (Å²) in [5, 5.41) is 33.3. The van der Waals surface area contributed by atoms with Crippen LogP contribution in [0.15, 0.2) is 36.2 Å². The van der Waals surface area contributed by atoms with Gasteiger partial charge in [-0.15, -0.1) is 0 Å². The molecule has 0 unspecified atom stereocenters. The Bertz CT molecular complexity index is 1060. The number of benzene rings is 1. The molecule has 1 aromatic carbocycles. The Labute approximate surface area is 174 Å². The van der Waals surface area contributed by atoms with E-state index in [4.69, 9.17) is 15.4 Å². The van der Waals surface area contributed by atoms with Crippen molar-refractivity contribution in [1.29, 1.82) is 10.7 Å². The first-order valence-electron chi connectivity index (χ1n) is 9.45. The molecule has 2 heterocycles. The Morgan fingerprint density at radius 3 is 3.00 bits per heavy atom. The highest BCUT2D eigenvalue weighted by molar-refractivity contribution is 5.94. The maximum atomic E-state index is 11.6. The molecule has 1 aliphatic heterocycles. The maximum Gasteiger partial charge on any atom is 0.338 e. The number of carbonyl (C=O) groups excluding carboxylic acids is 1. The first-order valence-corrected chi connectivity index (χ1v) is 9.45. The molecule has 0 spiro atoms. The van der Waals surface area contributed by atoms with Gasteiger partial charge in [-0.05, 0) is 48.2 Å². The number of aliphatic hydroxyl groups is 1. The average Bonchev–Trinajstić information content (AvgIpc) is 3.13. The number of nitriles is 1. The minimum atomic E-state index is -0.761. The molecule has 0 fully saturated rings. The number of fused-ring (bicyclic) bond motifs is 1. The van der Waals surface area contributed by atoms with Crippen LogP contribution in [0.25, 0.3) is 0 Å². The zero-order valence-corrected chi connectivity index (χ0v) is 16.8. The summed E-state index contributed by atoms with van der Waals surface area (Å²) < 4.78 is 5.05. The fourth-order valence-electron chi connectivity index (χ4n) is 3.23. The minimum absolute atomic E-state index is 0.237. The molecule has 154 valence electrons. The molecule has 1 aromatic heterocycles. The van der Waals surface area contributed by atoms with E-state index < -0.39 is 6.10 Å². The highest BCUT2D eigenvalue weighted by Crippen LogP contribution is 2.28. The molecule has 0 amide bonds. The number of rotatable bonds is 8. The Morgan fingerprint density at radius 2 is 2.27 bits per heavy atom. The smallest absolute Gasteiger partial charge is 0.338 e. The first kappa shape index (κ1) is 21.2. The molecule has 4 N–H and O–H groups in total. The molecule has 1 atom stereocenters. The van der Waals surface area contributed by atoms with Crippen molar-refractivity contribution in [2.75, 3.05) is 18.4 Å². The van der Waals surface area contributed by atoms with Crippen molar-refractivity contribution in [3.63, 3.8) is 0 Å². The molecule has 8 nitrogen and oxygen atoms in total. The van der Waals surface area contributed by atoms with E-state index in [1.165, 1.54) is 6.21 Å². The van der Waals surface area contributed by atoms with Crippen molar-refractivity contribution in [2.45, 2.75) is 26.6 Å². The second-order valence-electron chi connectivity index (χ2n) is 7.03. The Kier molecular flexibility index (Phi) is 6.57. The van der Waals surface area contributed by atoms with Crippen LogP contribution in [0.2, 0.25) is 0 Å². The Hall–Kier alpha value is -3.54. The fraction of sp³-hybridized carbons (Fsp3) is 0.273. The molecule has 1 aliphatic rings. The number of hydrogen-bond donors (Lipinski definition) is 4. The predicted octanol–water partition coefficient (Wildman–Crippen LogP) is 2.51. The zero-order chi connectivity index (χ0) is 21.7. The number of carbonyl (C=O) groups is 1. The third-order valence-electron chi connectivity index (χ3n) is 5.05. The quantitative estimate of drug-likeness (QED) is 0.392. The van der Waals surface area contributed by atoms with Crippen LogP contribution >= 0.6 is 0 Å². The van der Waals surface area contributed by atoms with Crippen LogP contribution in [0, 0.1) is 30.6 Å². The van der Waals surface area contributed by atoms with Crippen molar-refractivity contribution in [3.05, 3.63) is 69.5 Å². The van der Waals surface area contributed by atoms with Gasteiger partial charge in [-0.2, -0.15) is 5.26 Å². The molecular weight excluding hydrogens is 382 g/mol. The predicted molar refractivity (Wildman–Crippen MR) is 112 cm³/mol. The summed E-state index contributed by atoms with van der Waals surface area (Å²) in [6, 6.07) is 7.19. The minimum Gasteiger partial charge on any atom is -0.457 e. The van der Waals surface area contributed by atoms with E-state index in [0.29, 0.717) is 29.1 Å². The number of nitrogens with zero attached hydrogens (tertiary/aromatic N) is 2. The number of aliphatic hydroxyl groups excluding tert-OH is 1. The number of aryl methyl sites for hydroxylation is 1. The molecule has 0 bridgehead atoms. The fourth-order valence-corrected chi connectivity index (χ4v) is 3.23. The number of esters is 1. The van der Waals surface area contributed by atoms with Gasteiger partial charge in [0.25, 0.3) is 0 Å². The largest absolute Gasteiger partial charge is 0.457 e. The number of ether oxygens (including phenoxy) is 1. The summed E-state index contributed by atoms with van der Waals surface area (Å²) >= 11 is 0. The van der Waals surface area contributed by atoms with Crippen LogP contribution < -0.4 is 10.6 Å². The standard InChI is InChI=1S/C22H23N5O3/c1-13-8-26-21(5-16(13)7-24)27-10-15(6-23)9-25-11-20(28)17-3-4-18-19(14(17)2)12-30-22(18)29/h3-6,8,10,20,23,25,28H,9,11-12H2,1-2H3,(H,26,27)/b15-10+,23-6?/t20-/m0/s1. The van der Waals surface area contributed by atoms with Crippen molar-refractivity contribution < 1.29 is 14.6 Å². The number of cyclic esters (lactones) is 1. The Balaban J connectivity index is 1.58. The number of hydrogen-bond acceptors (Lipinski definition) is 8. The van der Waals surface area contributed by atoms with Crippen LogP contribution in [0.3, 0.4) is 0 Å². The summed E-state index contributed by atoms with van der Waals surface area (Å²) in [5.41, 5.74) is 4.96. The monoisotopic (exact) mass is 405 g/mol. The summed E-state index contributed by atoms with van der Waals surface area (Å²) in [5.74, 6) is 0.188. The molecule has 0 saturated heterocycles. The van der Waals surface area contributed by atoms with Gasteiger partial charge in [-0.1, -0.05) is 6.07 Å². The average molecular weight is 405 g/mol. The van der Waals surface area contributed by atoms with E-state index >= 15 is 0 Å². The van der Waals surface area contributed by atoms with Gasteiger partial charge in [0.2, 0.25) is 0 Å². The lowest BCUT2D eigenvalue weighted by Crippen LogP contribution is -2.25. The van der Waals surface area contributed by atoms with E-state index in [-0.39, 0.29) is 19.1 Å². The maximum absolute atomic E-state index is 11.6. The van der Waals surface area contributed by atoms with Crippen molar-refractivity contribution >= 4 is 18.0 Å².